The number of carboxylic acid groups (broad SMARTS) is 1. The van der Waals surface area contributed by atoms with Gasteiger partial charge >= 0.3 is 5.97 Å². The maximum Gasteiger partial charge on any atom is 0.308 e. The third-order valence-corrected chi connectivity index (χ3v) is 3.31. The summed E-state index contributed by atoms with van der Waals surface area (Å²) < 4.78 is 0. The van der Waals surface area contributed by atoms with Gasteiger partial charge in [-0.1, -0.05) is 0 Å². The van der Waals surface area contributed by atoms with Crippen LogP contribution in [0.15, 0.2) is 24.3 Å². The number of carboxylic acids is 1. The molecule has 106 valence electrons. The molecule has 0 spiro atoms. The summed E-state index contributed by atoms with van der Waals surface area (Å²) in [6.45, 7) is 0.176. The first-order chi connectivity index (χ1) is 9.40. The molecule has 0 aliphatic carbocycles. The zero-order valence-corrected chi connectivity index (χ0v) is 11.4. The van der Waals surface area contributed by atoms with Crippen LogP contribution in [0.2, 0.25) is 0 Å². The normalized spacial score (nSPS) is 18.2. The molecule has 1 N–H and O–H groups in total. The van der Waals surface area contributed by atoms with Gasteiger partial charge in [-0.2, -0.15) is 0 Å². The summed E-state index contributed by atoms with van der Waals surface area (Å²) >= 11 is 0. The van der Waals surface area contributed by atoms with Crippen LogP contribution < -0.4 is 4.90 Å². The fraction of sp³-hybridized carbons (Fsp3) is 0.357. The van der Waals surface area contributed by atoms with Crippen LogP contribution in [0.25, 0.3) is 0 Å². The highest BCUT2D eigenvalue weighted by atomic mass is 16.4. The molecule has 1 atom stereocenters. The minimum absolute atomic E-state index is 0.0215. The van der Waals surface area contributed by atoms with Crippen molar-refractivity contribution in [3.8, 4) is 0 Å². The van der Waals surface area contributed by atoms with E-state index in [2.05, 4.69) is 0 Å². The maximum absolute atomic E-state index is 11.8. The Balaban J connectivity index is 2.17. The number of rotatable bonds is 3. The minimum Gasteiger partial charge on any atom is -0.481 e. The monoisotopic (exact) mass is 276 g/mol. The summed E-state index contributed by atoms with van der Waals surface area (Å²) in [5.74, 6) is -1.94. The molecule has 1 fully saturated rings. The average Bonchev–Trinajstić information content (AvgIpc) is 2.80. The van der Waals surface area contributed by atoms with E-state index in [1.807, 2.05) is 0 Å². The zero-order valence-electron chi connectivity index (χ0n) is 11.4. The molecule has 20 heavy (non-hydrogen) atoms. The molecule has 1 aromatic rings. The quantitative estimate of drug-likeness (QED) is 0.886. The summed E-state index contributed by atoms with van der Waals surface area (Å²) in [7, 11) is 3.33. The van der Waals surface area contributed by atoms with Gasteiger partial charge in [-0.05, 0) is 24.3 Å². The van der Waals surface area contributed by atoms with Gasteiger partial charge < -0.3 is 14.9 Å². The Morgan fingerprint density at radius 1 is 1.25 bits per heavy atom. The van der Waals surface area contributed by atoms with Gasteiger partial charge in [0.15, 0.2) is 0 Å². The number of carbonyl (C=O) groups excluding carboxylic acids is 2. The smallest absolute Gasteiger partial charge is 0.308 e. The summed E-state index contributed by atoms with van der Waals surface area (Å²) in [5, 5.41) is 8.94. The second-order valence-electron chi connectivity index (χ2n) is 4.99. The first-order valence-corrected chi connectivity index (χ1v) is 6.25. The molecule has 0 bridgehead atoms. The lowest BCUT2D eigenvalue weighted by Crippen LogP contribution is -2.26. The molecule has 0 radical (unpaired) electrons. The van der Waals surface area contributed by atoms with Gasteiger partial charge in [-0.15, -0.1) is 0 Å². The van der Waals surface area contributed by atoms with Crippen molar-refractivity contribution in [2.24, 2.45) is 5.92 Å². The molecular formula is C14H16N2O4. The minimum atomic E-state index is -0.958. The molecule has 1 saturated heterocycles. The van der Waals surface area contributed by atoms with Crippen LogP contribution in [-0.4, -0.2) is 48.4 Å². The van der Waals surface area contributed by atoms with Gasteiger partial charge in [-0.3, -0.25) is 14.4 Å². The molecule has 1 heterocycles. The van der Waals surface area contributed by atoms with Gasteiger partial charge in [-0.25, -0.2) is 0 Å². The van der Waals surface area contributed by atoms with Crippen LogP contribution >= 0.6 is 0 Å². The molecule has 2 amide bonds. The molecule has 0 aromatic heterocycles. The van der Waals surface area contributed by atoms with Gasteiger partial charge in [0.25, 0.3) is 5.91 Å². The van der Waals surface area contributed by atoms with Crippen LogP contribution in [0.4, 0.5) is 5.69 Å². The Hall–Kier alpha value is -2.37. The van der Waals surface area contributed by atoms with Gasteiger partial charge in [0, 0.05) is 38.3 Å². The van der Waals surface area contributed by atoms with Crippen molar-refractivity contribution >= 4 is 23.5 Å². The maximum atomic E-state index is 11.8. The van der Waals surface area contributed by atoms with Crippen LogP contribution in [-0.2, 0) is 9.59 Å². The topological polar surface area (TPSA) is 77.9 Å². The summed E-state index contributed by atoms with van der Waals surface area (Å²) in [6, 6.07) is 6.61. The Morgan fingerprint density at radius 3 is 2.30 bits per heavy atom. The number of hydrogen-bond acceptors (Lipinski definition) is 3. The van der Waals surface area contributed by atoms with E-state index in [1.165, 1.54) is 9.80 Å². The molecular weight excluding hydrogens is 260 g/mol. The Kier molecular flexibility index (Phi) is 3.74. The van der Waals surface area contributed by atoms with Crippen molar-refractivity contribution in [1.29, 1.82) is 0 Å². The highest BCUT2D eigenvalue weighted by molar-refractivity contribution is 6.00. The molecule has 1 aromatic carbocycles. The zero-order chi connectivity index (χ0) is 14.9. The lowest BCUT2D eigenvalue weighted by molar-refractivity contribution is -0.141. The van der Waals surface area contributed by atoms with Crippen LogP contribution in [0.5, 0.6) is 0 Å². The van der Waals surface area contributed by atoms with Crippen molar-refractivity contribution in [2.45, 2.75) is 6.42 Å². The van der Waals surface area contributed by atoms with Crippen molar-refractivity contribution < 1.29 is 19.5 Å². The molecule has 0 saturated carbocycles. The number of nitrogens with zero attached hydrogens (tertiary/aromatic N) is 2. The highest BCUT2D eigenvalue weighted by Gasteiger charge is 2.34. The van der Waals surface area contributed by atoms with E-state index in [9.17, 15) is 14.4 Å². The highest BCUT2D eigenvalue weighted by Crippen LogP contribution is 2.25. The fourth-order valence-electron chi connectivity index (χ4n) is 2.16. The third kappa shape index (κ3) is 2.64. The first kappa shape index (κ1) is 14.0. The molecule has 1 unspecified atom stereocenters. The average molecular weight is 276 g/mol. The Labute approximate surface area is 116 Å². The standard InChI is InChI=1S/C14H16N2O4/c1-15(2)13(18)9-3-5-11(6-4-9)16-8-10(14(19)20)7-12(16)17/h3-6,10H,7-8H2,1-2H3,(H,19,20). The SMILES string of the molecule is CN(C)C(=O)c1ccc(N2CC(C(=O)O)CC2=O)cc1. The van der Waals surface area contributed by atoms with Crippen LogP contribution in [0.1, 0.15) is 16.8 Å². The van der Waals surface area contributed by atoms with Crippen molar-refractivity contribution in [3.63, 3.8) is 0 Å². The summed E-state index contributed by atoms with van der Waals surface area (Å²) in [5.41, 5.74) is 1.15. The first-order valence-electron chi connectivity index (χ1n) is 6.25. The number of anilines is 1. The van der Waals surface area contributed by atoms with E-state index < -0.39 is 11.9 Å². The van der Waals surface area contributed by atoms with E-state index in [4.69, 9.17) is 5.11 Å². The predicted molar refractivity (Wildman–Crippen MR) is 72.6 cm³/mol. The van der Waals surface area contributed by atoms with Gasteiger partial charge in [0.2, 0.25) is 5.91 Å². The lowest BCUT2D eigenvalue weighted by atomic mass is 10.1. The fourth-order valence-corrected chi connectivity index (χ4v) is 2.16. The molecule has 1 aliphatic heterocycles. The number of amides is 2. The van der Waals surface area contributed by atoms with Crippen LogP contribution in [0, 0.1) is 5.92 Å². The number of benzene rings is 1. The number of carbonyl (C=O) groups is 3. The number of aliphatic carboxylic acids is 1. The largest absolute Gasteiger partial charge is 0.481 e. The van der Waals surface area contributed by atoms with Gasteiger partial charge in [0.1, 0.15) is 0 Å². The van der Waals surface area contributed by atoms with E-state index >= 15 is 0 Å². The molecule has 1 aliphatic rings. The third-order valence-electron chi connectivity index (χ3n) is 3.31. The summed E-state index contributed by atoms with van der Waals surface area (Å²) in [4.78, 5) is 37.4. The van der Waals surface area contributed by atoms with Crippen molar-refractivity contribution in [2.75, 3.05) is 25.5 Å². The Morgan fingerprint density at radius 2 is 1.85 bits per heavy atom. The molecule has 6 heteroatoms. The van der Waals surface area contributed by atoms with Gasteiger partial charge in [0.05, 0.1) is 5.92 Å². The van der Waals surface area contributed by atoms with E-state index in [-0.39, 0.29) is 24.8 Å². The van der Waals surface area contributed by atoms with Crippen molar-refractivity contribution in [1.82, 2.24) is 4.90 Å². The lowest BCUT2D eigenvalue weighted by Gasteiger charge is -2.17. The molecule has 6 nitrogen and oxygen atoms in total. The van der Waals surface area contributed by atoms with E-state index in [0.717, 1.165) is 0 Å². The molecule has 2 rings (SSSR count). The predicted octanol–water partition coefficient (Wildman–Crippen LogP) is 0.826. The van der Waals surface area contributed by atoms with E-state index in [0.29, 0.717) is 11.3 Å². The second-order valence-corrected chi connectivity index (χ2v) is 4.99. The summed E-state index contributed by atoms with van der Waals surface area (Å²) in [6.07, 6.45) is 0.0215. The number of hydrogen-bond donors (Lipinski definition) is 1. The van der Waals surface area contributed by atoms with E-state index in [1.54, 1.807) is 38.4 Å². The second kappa shape index (κ2) is 5.32. The Bertz CT molecular complexity index is 551. The van der Waals surface area contributed by atoms with Crippen molar-refractivity contribution in [3.05, 3.63) is 29.8 Å². The van der Waals surface area contributed by atoms with Crippen LogP contribution in [0.3, 0.4) is 0 Å².